The van der Waals surface area contributed by atoms with Gasteiger partial charge in [0, 0.05) is 6.42 Å². The number of hydrogen-bond acceptors (Lipinski definition) is 3. The molecule has 23 heavy (non-hydrogen) atoms. The van der Waals surface area contributed by atoms with E-state index in [1.165, 1.54) is 0 Å². The summed E-state index contributed by atoms with van der Waals surface area (Å²) in [5.41, 5.74) is 2.12. The number of amides is 1. The minimum Gasteiger partial charge on any atom is -0.489 e. The van der Waals surface area contributed by atoms with Crippen LogP contribution in [-0.2, 0) is 11.3 Å². The van der Waals surface area contributed by atoms with Gasteiger partial charge in [-0.2, -0.15) is 0 Å². The lowest BCUT2D eigenvalue weighted by molar-refractivity contribution is 0.133. The largest absolute Gasteiger partial charge is 0.489 e. The van der Waals surface area contributed by atoms with E-state index in [2.05, 4.69) is 11.9 Å². The highest BCUT2D eigenvalue weighted by Crippen LogP contribution is 2.28. The highest BCUT2D eigenvalue weighted by Gasteiger charge is 2.34. The van der Waals surface area contributed by atoms with Crippen LogP contribution in [0.4, 0.5) is 4.79 Å². The van der Waals surface area contributed by atoms with Gasteiger partial charge < -0.3 is 14.8 Å². The molecule has 2 unspecified atom stereocenters. The van der Waals surface area contributed by atoms with E-state index < -0.39 is 0 Å². The van der Waals surface area contributed by atoms with Crippen LogP contribution in [0.5, 0.6) is 5.75 Å². The molecule has 2 atom stereocenters. The summed E-state index contributed by atoms with van der Waals surface area (Å²) >= 11 is 0. The van der Waals surface area contributed by atoms with Crippen LogP contribution in [0.15, 0.2) is 67.3 Å². The first-order valence-corrected chi connectivity index (χ1v) is 7.61. The Kier molecular flexibility index (Phi) is 4.62. The van der Waals surface area contributed by atoms with E-state index >= 15 is 0 Å². The third kappa shape index (κ3) is 3.72. The van der Waals surface area contributed by atoms with E-state index in [9.17, 15) is 4.79 Å². The van der Waals surface area contributed by atoms with E-state index in [1.807, 2.05) is 54.6 Å². The van der Waals surface area contributed by atoms with E-state index in [1.54, 1.807) is 6.08 Å². The van der Waals surface area contributed by atoms with E-state index in [-0.39, 0.29) is 18.2 Å². The average Bonchev–Trinajstić information content (AvgIpc) is 2.95. The summed E-state index contributed by atoms with van der Waals surface area (Å²) in [5.74, 6) is 0.795. The molecule has 0 spiro atoms. The maximum atomic E-state index is 11.4. The number of benzene rings is 2. The van der Waals surface area contributed by atoms with Crippen LogP contribution in [0, 0.1) is 0 Å². The molecule has 1 aliphatic rings. The van der Waals surface area contributed by atoms with Crippen LogP contribution >= 0.6 is 0 Å². The van der Waals surface area contributed by atoms with Crippen molar-refractivity contribution in [2.24, 2.45) is 0 Å². The van der Waals surface area contributed by atoms with Crippen molar-refractivity contribution in [3.63, 3.8) is 0 Å². The van der Waals surface area contributed by atoms with E-state index in [0.717, 1.165) is 16.9 Å². The lowest BCUT2D eigenvalue weighted by Crippen LogP contribution is -2.22. The molecule has 0 bridgehead atoms. The van der Waals surface area contributed by atoms with Gasteiger partial charge in [-0.15, -0.1) is 6.58 Å². The second kappa shape index (κ2) is 7.01. The van der Waals surface area contributed by atoms with Crippen molar-refractivity contribution >= 4 is 6.09 Å². The van der Waals surface area contributed by atoms with Gasteiger partial charge in [0.1, 0.15) is 18.5 Å². The van der Waals surface area contributed by atoms with Crippen LogP contribution in [0.3, 0.4) is 0 Å². The minimum atomic E-state index is -0.383. The third-order valence-electron chi connectivity index (χ3n) is 3.79. The molecule has 4 nitrogen and oxygen atoms in total. The minimum absolute atomic E-state index is 0.149. The third-order valence-corrected chi connectivity index (χ3v) is 3.79. The molecule has 1 N–H and O–H groups in total. The predicted octanol–water partition coefficient (Wildman–Crippen LogP) is 3.99. The average molecular weight is 309 g/mol. The number of hydrogen-bond donors (Lipinski definition) is 1. The molecule has 2 aromatic rings. The Balaban J connectivity index is 1.64. The smallest absolute Gasteiger partial charge is 0.408 e. The number of carbonyl (C=O) groups excluding carboxylic acids is 1. The van der Waals surface area contributed by atoms with Gasteiger partial charge in [0.05, 0.1) is 6.04 Å². The zero-order chi connectivity index (χ0) is 16.1. The predicted molar refractivity (Wildman–Crippen MR) is 88.2 cm³/mol. The molecule has 1 aliphatic heterocycles. The van der Waals surface area contributed by atoms with Crippen molar-refractivity contribution in [3.8, 4) is 5.75 Å². The molecule has 1 saturated heterocycles. The number of cyclic esters (lactones) is 1. The lowest BCUT2D eigenvalue weighted by atomic mass is 10.00. The fourth-order valence-corrected chi connectivity index (χ4v) is 2.62. The zero-order valence-corrected chi connectivity index (χ0v) is 12.8. The van der Waals surface area contributed by atoms with Crippen LogP contribution in [0.25, 0.3) is 0 Å². The van der Waals surface area contributed by atoms with Gasteiger partial charge in [-0.05, 0) is 23.3 Å². The van der Waals surface area contributed by atoms with Crippen LogP contribution < -0.4 is 10.1 Å². The zero-order valence-electron chi connectivity index (χ0n) is 12.8. The molecule has 4 heteroatoms. The molecular formula is C19H19NO3. The topological polar surface area (TPSA) is 47.6 Å². The van der Waals surface area contributed by atoms with Crippen molar-refractivity contribution < 1.29 is 14.3 Å². The first-order valence-electron chi connectivity index (χ1n) is 7.61. The molecule has 118 valence electrons. The molecule has 2 aromatic carbocycles. The first kappa shape index (κ1) is 15.2. The SMILES string of the molecule is C=CCC1OC(=O)NC1c1ccc(OCc2ccccc2)cc1. The number of rotatable bonds is 6. The molecule has 0 saturated carbocycles. The standard InChI is InChI=1S/C19H19NO3/c1-2-6-17-18(20-19(21)23-17)15-9-11-16(12-10-15)22-13-14-7-4-3-5-8-14/h2-5,7-12,17-18H,1,6,13H2,(H,20,21). The summed E-state index contributed by atoms with van der Waals surface area (Å²) in [6, 6.07) is 17.6. The molecule has 0 aromatic heterocycles. The fraction of sp³-hybridized carbons (Fsp3) is 0.211. The summed E-state index contributed by atoms with van der Waals surface area (Å²) in [6.07, 6.45) is 1.78. The van der Waals surface area contributed by atoms with Gasteiger partial charge in [0.25, 0.3) is 0 Å². The molecule has 1 heterocycles. The molecule has 3 rings (SSSR count). The van der Waals surface area contributed by atoms with E-state index in [4.69, 9.17) is 9.47 Å². The fourth-order valence-electron chi connectivity index (χ4n) is 2.62. The Morgan fingerprint density at radius 1 is 1.13 bits per heavy atom. The molecular weight excluding hydrogens is 290 g/mol. The highest BCUT2D eigenvalue weighted by atomic mass is 16.6. The van der Waals surface area contributed by atoms with Crippen molar-refractivity contribution in [2.75, 3.05) is 0 Å². The van der Waals surface area contributed by atoms with Gasteiger partial charge in [0.2, 0.25) is 0 Å². The molecule has 0 aliphatic carbocycles. The van der Waals surface area contributed by atoms with Crippen LogP contribution in [0.2, 0.25) is 0 Å². The molecule has 1 amide bonds. The Morgan fingerprint density at radius 2 is 1.87 bits per heavy atom. The van der Waals surface area contributed by atoms with Gasteiger partial charge in [-0.25, -0.2) is 4.79 Å². The molecule has 1 fully saturated rings. The number of alkyl carbamates (subject to hydrolysis) is 1. The van der Waals surface area contributed by atoms with Gasteiger partial charge in [-0.1, -0.05) is 48.5 Å². The van der Waals surface area contributed by atoms with Crippen molar-refractivity contribution in [1.82, 2.24) is 5.32 Å². The lowest BCUT2D eigenvalue weighted by Gasteiger charge is -2.16. The van der Waals surface area contributed by atoms with E-state index in [0.29, 0.717) is 13.0 Å². The molecule has 0 radical (unpaired) electrons. The quantitative estimate of drug-likeness (QED) is 0.821. The first-order chi connectivity index (χ1) is 11.3. The Labute approximate surface area is 135 Å². The van der Waals surface area contributed by atoms with Crippen molar-refractivity contribution in [3.05, 3.63) is 78.4 Å². The maximum Gasteiger partial charge on any atom is 0.408 e. The normalized spacial score (nSPS) is 19.7. The number of nitrogens with one attached hydrogen (secondary N) is 1. The number of carbonyl (C=O) groups is 1. The van der Waals surface area contributed by atoms with Gasteiger partial charge in [0.15, 0.2) is 0 Å². The summed E-state index contributed by atoms with van der Waals surface area (Å²) < 4.78 is 11.0. The summed E-state index contributed by atoms with van der Waals surface area (Å²) in [5, 5.41) is 2.83. The monoisotopic (exact) mass is 309 g/mol. The van der Waals surface area contributed by atoms with Crippen molar-refractivity contribution in [2.45, 2.75) is 25.2 Å². The maximum absolute atomic E-state index is 11.4. The Bertz CT molecular complexity index is 667. The highest BCUT2D eigenvalue weighted by molar-refractivity contribution is 5.70. The van der Waals surface area contributed by atoms with Gasteiger partial charge >= 0.3 is 6.09 Å². The number of ether oxygens (including phenoxy) is 2. The second-order valence-corrected chi connectivity index (χ2v) is 5.43. The summed E-state index contributed by atoms with van der Waals surface area (Å²) in [4.78, 5) is 11.4. The van der Waals surface area contributed by atoms with Crippen LogP contribution in [-0.4, -0.2) is 12.2 Å². The summed E-state index contributed by atoms with van der Waals surface area (Å²) in [6.45, 7) is 4.24. The van der Waals surface area contributed by atoms with Crippen molar-refractivity contribution in [1.29, 1.82) is 0 Å². The Morgan fingerprint density at radius 3 is 2.57 bits per heavy atom. The summed E-state index contributed by atoms with van der Waals surface area (Å²) in [7, 11) is 0. The Hall–Kier alpha value is -2.75. The van der Waals surface area contributed by atoms with Crippen LogP contribution in [0.1, 0.15) is 23.6 Å². The second-order valence-electron chi connectivity index (χ2n) is 5.43. The van der Waals surface area contributed by atoms with Gasteiger partial charge in [-0.3, -0.25) is 0 Å².